The first kappa shape index (κ1) is 19.7. The smallest absolute Gasteiger partial charge is 0.246 e. The van der Waals surface area contributed by atoms with Crippen molar-refractivity contribution in [3.8, 4) is 6.07 Å². The number of nitrogens with zero attached hydrogens (tertiary/aromatic N) is 5. The van der Waals surface area contributed by atoms with E-state index in [2.05, 4.69) is 23.0 Å². The quantitative estimate of drug-likeness (QED) is 0.616. The van der Waals surface area contributed by atoms with Crippen LogP contribution in [0.25, 0.3) is 0 Å². The summed E-state index contributed by atoms with van der Waals surface area (Å²) in [5.74, 6) is 1.34. The lowest BCUT2D eigenvalue weighted by Crippen LogP contribution is -2.49. The number of likely N-dealkylation sites (N-methyl/N-ethyl adjacent to an activating group) is 2. The number of hydrogen-bond acceptors (Lipinski definition) is 5. The van der Waals surface area contributed by atoms with Gasteiger partial charge >= 0.3 is 0 Å². The molecule has 0 aliphatic carbocycles. The summed E-state index contributed by atoms with van der Waals surface area (Å²) in [6, 6.07) is 9.19. The zero-order valence-electron chi connectivity index (χ0n) is 15.9. The largest absolute Gasteiger partial charge is 0.349 e. The van der Waals surface area contributed by atoms with E-state index in [4.69, 9.17) is 10.7 Å². The Morgan fingerprint density at radius 2 is 2.04 bits per heavy atom. The number of aliphatic imine (C=N–C) groups is 1. The highest BCUT2D eigenvalue weighted by atomic mass is 16.2. The SMILES string of the molecule is C=C(NC=C1C(=N)N(C)CC(=O)N1C)N(C)C(=NC)c1ccc(C#N)cc1. The maximum absolute atomic E-state index is 12.0. The number of nitrogens with one attached hydrogen (secondary N) is 2. The van der Waals surface area contributed by atoms with Crippen LogP contribution in [0.5, 0.6) is 0 Å². The van der Waals surface area contributed by atoms with Gasteiger partial charge < -0.3 is 20.0 Å². The molecule has 0 bridgehead atoms. The number of benzene rings is 1. The van der Waals surface area contributed by atoms with Gasteiger partial charge in [-0.2, -0.15) is 5.26 Å². The molecular formula is C19H23N7O. The molecule has 8 heteroatoms. The molecule has 1 saturated heterocycles. The van der Waals surface area contributed by atoms with Crippen molar-refractivity contribution in [3.63, 3.8) is 0 Å². The van der Waals surface area contributed by atoms with E-state index in [1.165, 1.54) is 4.90 Å². The van der Waals surface area contributed by atoms with Crippen LogP contribution < -0.4 is 5.32 Å². The zero-order chi connectivity index (χ0) is 20.1. The molecule has 2 N–H and O–H groups in total. The highest BCUT2D eigenvalue weighted by Gasteiger charge is 2.27. The number of nitriles is 1. The van der Waals surface area contributed by atoms with E-state index in [0.29, 0.717) is 22.9 Å². The molecule has 1 aliphatic rings. The number of amidine groups is 2. The van der Waals surface area contributed by atoms with Gasteiger partial charge in [-0.25, -0.2) is 0 Å². The molecule has 0 unspecified atom stereocenters. The van der Waals surface area contributed by atoms with Crippen LogP contribution in [0.15, 0.2) is 53.6 Å². The molecule has 140 valence electrons. The third kappa shape index (κ3) is 4.15. The summed E-state index contributed by atoms with van der Waals surface area (Å²) >= 11 is 0. The van der Waals surface area contributed by atoms with Gasteiger partial charge in [-0.1, -0.05) is 6.58 Å². The van der Waals surface area contributed by atoms with Crippen LogP contribution in [-0.2, 0) is 4.79 Å². The molecule has 0 radical (unpaired) electrons. The number of hydrogen-bond donors (Lipinski definition) is 2. The van der Waals surface area contributed by atoms with Gasteiger partial charge in [-0.3, -0.25) is 15.2 Å². The number of carbonyl (C=O) groups is 1. The minimum absolute atomic E-state index is 0.0890. The second-order valence-electron chi connectivity index (χ2n) is 6.07. The van der Waals surface area contributed by atoms with Crippen LogP contribution in [-0.4, -0.2) is 67.0 Å². The molecule has 0 saturated carbocycles. The Kier molecular flexibility index (Phi) is 5.98. The van der Waals surface area contributed by atoms with Crippen LogP contribution >= 0.6 is 0 Å². The van der Waals surface area contributed by atoms with Crippen molar-refractivity contribution in [1.82, 2.24) is 20.0 Å². The fraction of sp³-hybridized carbons (Fsp3) is 0.263. The molecule has 1 heterocycles. The van der Waals surface area contributed by atoms with Crippen LogP contribution in [0, 0.1) is 16.7 Å². The molecule has 0 spiro atoms. The summed E-state index contributed by atoms with van der Waals surface area (Å²) in [7, 11) is 6.82. The first-order chi connectivity index (χ1) is 12.8. The van der Waals surface area contributed by atoms with Crippen molar-refractivity contribution in [2.75, 3.05) is 34.7 Å². The standard InChI is InChI=1S/C19H23N7O/c1-13(23-11-16-18(21)24(3)12-17(27)26(16)5)25(4)19(22-2)15-8-6-14(10-20)7-9-15/h6-9,11,21,23H,1,12H2,2-5H3. The van der Waals surface area contributed by atoms with Crippen molar-refractivity contribution in [1.29, 1.82) is 10.7 Å². The average molecular weight is 365 g/mol. The minimum Gasteiger partial charge on any atom is -0.349 e. The van der Waals surface area contributed by atoms with E-state index in [1.54, 1.807) is 49.3 Å². The van der Waals surface area contributed by atoms with E-state index in [9.17, 15) is 4.79 Å². The number of amides is 1. The van der Waals surface area contributed by atoms with Crippen LogP contribution in [0.2, 0.25) is 0 Å². The predicted octanol–water partition coefficient (Wildman–Crippen LogP) is 1.15. The minimum atomic E-state index is -0.0890. The highest BCUT2D eigenvalue weighted by molar-refractivity contribution is 6.04. The summed E-state index contributed by atoms with van der Waals surface area (Å²) in [5.41, 5.74) is 1.87. The fourth-order valence-corrected chi connectivity index (χ4v) is 2.58. The summed E-state index contributed by atoms with van der Waals surface area (Å²) in [5, 5.41) is 20.1. The third-order valence-electron chi connectivity index (χ3n) is 4.31. The Bertz CT molecular complexity index is 861. The monoisotopic (exact) mass is 365 g/mol. The topological polar surface area (TPSA) is 98.8 Å². The molecular weight excluding hydrogens is 342 g/mol. The lowest BCUT2D eigenvalue weighted by atomic mass is 10.1. The summed E-state index contributed by atoms with van der Waals surface area (Å²) in [4.78, 5) is 21.1. The second kappa shape index (κ2) is 8.19. The molecule has 1 aromatic rings. The van der Waals surface area contributed by atoms with Crippen molar-refractivity contribution in [3.05, 3.63) is 59.7 Å². The third-order valence-corrected chi connectivity index (χ3v) is 4.31. The van der Waals surface area contributed by atoms with Gasteiger partial charge in [-0.05, 0) is 24.3 Å². The number of rotatable bonds is 4. The van der Waals surface area contributed by atoms with Gasteiger partial charge in [0.25, 0.3) is 0 Å². The first-order valence-corrected chi connectivity index (χ1v) is 8.23. The van der Waals surface area contributed by atoms with Gasteiger partial charge in [0.05, 0.1) is 18.2 Å². The van der Waals surface area contributed by atoms with E-state index >= 15 is 0 Å². The zero-order valence-corrected chi connectivity index (χ0v) is 15.9. The van der Waals surface area contributed by atoms with Crippen LogP contribution in [0.3, 0.4) is 0 Å². The lowest BCUT2D eigenvalue weighted by molar-refractivity contribution is -0.129. The Morgan fingerprint density at radius 1 is 1.41 bits per heavy atom. The van der Waals surface area contributed by atoms with Gasteiger partial charge in [0, 0.05) is 40.0 Å². The molecule has 1 aromatic carbocycles. The molecule has 1 fully saturated rings. The highest BCUT2D eigenvalue weighted by Crippen LogP contribution is 2.14. The second-order valence-corrected chi connectivity index (χ2v) is 6.07. The lowest BCUT2D eigenvalue weighted by Gasteiger charge is -2.33. The molecule has 8 nitrogen and oxygen atoms in total. The molecule has 2 rings (SSSR count). The van der Waals surface area contributed by atoms with Gasteiger partial charge in [0.1, 0.15) is 23.2 Å². The fourth-order valence-electron chi connectivity index (χ4n) is 2.58. The molecule has 0 atom stereocenters. The Hall–Kier alpha value is -3.60. The Morgan fingerprint density at radius 3 is 2.59 bits per heavy atom. The first-order valence-electron chi connectivity index (χ1n) is 8.23. The van der Waals surface area contributed by atoms with E-state index in [-0.39, 0.29) is 18.3 Å². The van der Waals surface area contributed by atoms with E-state index < -0.39 is 0 Å². The van der Waals surface area contributed by atoms with Gasteiger partial charge in [0.15, 0.2) is 0 Å². The Labute approximate surface area is 159 Å². The van der Waals surface area contributed by atoms with Crippen LogP contribution in [0.1, 0.15) is 11.1 Å². The maximum atomic E-state index is 12.0. The number of piperazine rings is 1. The van der Waals surface area contributed by atoms with E-state index in [1.807, 2.05) is 19.2 Å². The molecule has 1 amide bonds. The van der Waals surface area contributed by atoms with Gasteiger partial charge in [-0.15, -0.1) is 0 Å². The predicted molar refractivity (Wildman–Crippen MR) is 105 cm³/mol. The van der Waals surface area contributed by atoms with Crippen LogP contribution in [0.4, 0.5) is 0 Å². The molecule has 1 aliphatic heterocycles. The molecule has 27 heavy (non-hydrogen) atoms. The average Bonchev–Trinajstić information content (AvgIpc) is 2.67. The van der Waals surface area contributed by atoms with Crippen molar-refractivity contribution in [2.24, 2.45) is 4.99 Å². The maximum Gasteiger partial charge on any atom is 0.246 e. The summed E-state index contributed by atoms with van der Waals surface area (Å²) < 4.78 is 0. The van der Waals surface area contributed by atoms with Crippen molar-refractivity contribution < 1.29 is 4.79 Å². The van der Waals surface area contributed by atoms with E-state index in [0.717, 1.165) is 5.56 Å². The summed E-state index contributed by atoms with van der Waals surface area (Å²) in [6.07, 6.45) is 1.58. The number of carbonyl (C=O) groups excluding carboxylic acids is 1. The Balaban J connectivity index is 2.17. The van der Waals surface area contributed by atoms with Gasteiger partial charge in [0.2, 0.25) is 5.91 Å². The molecule has 0 aromatic heterocycles. The van der Waals surface area contributed by atoms with Crippen molar-refractivity contribution >= 4 is 17.6 Å². The summed E-state index contributed by atoms with van der Waals surface area (Å²) in [6.45, 7) is 4.18. The van der Waals surface area contributed by atoms with Crippen molar-refractivity contribution in [2.45, 2.75) is 0 Å². The normalized spacial score (nSPS) is 16.4.